The Labute approximate surface area is 130 Å². The van der Waals surface area contributed by atoms with Gasteiger partial charge in [-0.2, -0.15) is 0 Å². The van der Waals surface area contributed by atoms with Gasteiger partial charge in [0, 0.05) is 35.6 Å². The molecule has 4 rings (SSSR count). The maximum absolute atomic E-state index is 4.14. The van der Waals surface area contributed by atoms with Gasteiger partial charge in [-0.15, -0.1) is 0 Å². The summed E-state index contributed by atoms with van der Waals surface area (Å²) in [5.41, 5.74) is 2.74. The molecule has 0 amide bonds. The van der Waals surface area contributed by atoms with Crippen molar-refractivity contribution in [2.75, 3.05) is 0 Å². The minimum absolute atomic E-state index is 1.16. The molecule has 2 aromatic carbocycles. The van der Waals surface area contributed by atoms with Gasteiger partial charge in [-0.3, -0.25) is 9.97 Å². The lowest BCUT2D eigenvalue weighted by Crippen LogP contribution is -1.79. The van der Waals surface area contributed by atoms with Crippen LogP contribution in [0.25, 0.3) is 21.5 Å². The van der Waals surface area contributed by atoms with Gasteiger partial charge in [0.1, 0.15) is 0 Å². The summed E-state index contributed by atoms with van der Waals surface area (Å²) in [5, 5.41) is 4.78. The number of hydrogen-bond donors (Lipinski definition) is 0. The highest BCUT2D eigenvalue weighted by Crippen LogP contribution is 2.22. The molecule has 22 heavy (non-hydrogen) atoms. The second-order valence-corrected chi connectivity index (χ2v) is 5.34. The maximum Gasteiger partial charge on any atom is 0.0352 e. The first-order valence-electron chi connectivity index (χ1n) is 7.34. The molecule has 4 aromatic rings. The van der Waals surface area contributed by atoms with Gasteiger partial charge >= 0.3 is 0 Å². The molecule has 0 radical (unpaired) electrons. The van der Waals surface area contributed by atoms with Crippen molar-refractivity contribution in [1.82, 2.24) is 9.97 Å². The van der Waals surface area contributed by atoms with Crippen LogP contribution in [0.15, 0.2) is 73.3 Å². The summed E-state index contributed by atoms with van der Waals surface area (Å²) < 4.78 is 0. The smallest absolute Gasteiger partial charge is 0.0352 e. The summed E-state index contributed by atoms with van der Waals surface area (Å²) in [6.07, 6.45) is 7.41. The monoisotopic (exact) mass is 286 g/mol. The fraction of sp³-hybridized carbons (Fsp3) is 0.100. The Kier molecular flexibility index (Phi) is 4.10. The third kappa shape index (κ3) is 2.96. The van der Waals surface area contributed by atoms with Gasteiger partial charge in [0.15, 0.2) is 0 Å². The van der Waals surface area contributed by atoms with Gasteiger partial charge in [-0.1, -0.05) is 36.4 Å². The van der Waals surface area contributed by atoms with Crippen molar-refractivity contribution in [3.63, 3.8) is 0 Å². The van der Waals surface area contributed by atoms with Gasteiger partial charge in [-0.05, 0) is 47.9 Å². The Balaban J connectivity index is 0.000000154. The van der Waals surface area contributed by atoms with E-state index in [1.807, 2.05) is 36.9 Å². The summed E-state index contributed by atoms with van der Waals surface area (Å²) >= 11 is 0. The van der Waals surface area contributed by atoms with E-state index in [-0.39, 0.29) is 0 Å². The highest BCUT2D eigenvalue weighted by Gasteiger charge is 1.98. The number of benzene rings is 2. The van der Waals surface area contributed by atoms with Crippen molar-refractivity contribution >= 4 is 21.5 Å². The molecule has 2 heteroatoms. The maximum atomic E-state index is 4.14. The number of pyridine rings is 2. The van der Waals surface area contributed by atoms with E-state index in [1.165, 1.54) is 27.3 Å². The number of fused-ring (bicyclic) bond motifs is 3. The fourth-order valence-corrected chi connectivity index (χ4v) is 2.40. The van der Waals surface area contributed by atoms with E-state index in [4.69, 9.17) is 0 Å². The zero-order valence-corrected chi connectivity index (χ0v) is 12.8. The fourth-order valence-electron chi connectivity index (χ4n) is 2.40. The van der Waals surface area contributed by atoms with Crippen LogP contribution in [0.2, 0.25) is 0 Å². The lowest BCUT2D eigenvalue weighted by atomic mass is 10.1. The van der Waals surface area contributed by atoms with Gasteiger partial charge in [0.2, 0.25) is 0 Å². The zero-order chi connectivity index (χ0) is 15.4. The average Bonchev–Trinajstić information content (AvgIpc) is 2.58. The number of aryl methyl sites for hydroxylation is 2. The second kappa shape index (κ2) is 6.35. The summed E-state index contributed by atoms with van der Waals surface area (Å²) in [6.45, 7) is 4.24. The highest BCUT2D eigenvalue weighted by molar-refractivity contribution is 6.06. The van der Waals surface area contributed by atoms with Crippen molar-refractivity contribution in [2.24, 2.45) is 0 Å². The molecule has 2 heterocycles. The van der Waals surface area contributed by atoms with Crippen molar-refractivity contribution in [3.8, 4) is 0 Å². The first-order valence-corrected chi connectivity index (χ1v) is 7.34. The highest BCUT2D eigenvalue weighted by atomic mass is 14.6. The molecule has 108 valence electrons. The van der Waals surface area contributed by atoms with E-state index in [0.717, 1.165) is 5.39 Å². The molecule has 0 aliphatic heterocycles. The molecular weight excluding hydrogens is 268 g/mol. The third-order valence-corrected chi connectivity index (χ3v) is 3.86. The van der Waals surface area contributed by atoms with Gasteiger partial charge in [-0.25, -0.2) is 0 Å². The van der Waals surface area contributed by atoms with Crippen molar-refractivity contribution in [3.05, 3.63) is 84.4 Å². The molecule has 0 saturated carbocycles. The summed E-state index contributed by atoms with van der Waals surface area (Å²) in [6, 6.07) is 16.6. The Morgan fingerprint density at radius 1 is 0.591 bits per heavy atom. The lowest BCUT2D eigenvalue weighted by Gasteiger charge is -2.01. The summed E-state index contributed by atoms with van der Waals surface area (Å²) in [4.78, 5) is 8.24. The van der Waals surface area contributed by atoms with E-state index in [1.54, 1.807) is 0 Å². The van der Waals surface area contributed by atoms with Gasteiger partial charge in [0.25, 0.3) is 0 Å². The van der Waals surface area contributed by atoms with E-state index in [2.05, 4.69) is 60.2 Å². The largest absolute Gasteiger partial charge is 0.264 e. The molecule has 0 fully saturated rings. The normalized spacial score (nSPS) is 10.3. The van der Waals surface area contributed by atoms with Gasteiger partial charge < -0.3 is 0 Å². The molecular formula is C20H18N2. The van der Waals surface area contributed by atoms with Crippen LogP contribution in [0.3, 0.4) is 0 Å². The van der Waals surface area contributed by atoms with Crippen LogP contribution < -0.4 is 0 Å². The Bertz CT molecular complexity index is 837. The Morgan fingerprint density at radius 3 is 1.95 bits per heavy atom. The molecule has 0 bridgehead atoms. The molecule has 0 spiro atoms. The van der Waals surface area contributed by atoms with Crippen LogP contribution in [0.4, 0.5) is 0 Å². The van der Waals surface area contributed by atoms with Gasteiger partial charge in [0.05, 0.1) is 0 Å². The van der Waals surface area contributed by atoms with Crippen LogP contribution in [-0.4, -0.2) is 9.97 Å². The molecule has 0 saturated heterocycles. The van der Waals surface area contributed by atoms with Crippen LogP contribution >= 0.6 is 0 Å². The molecule has 2 aromatic heterocycles. The number of rotatable bonds is 0. The molecule has 0 atom stereocenters. The topological polar surface area (TPSA) is 25.8 Å². The lowest BCUT2D eigenvalue weighted by molar-refractivity contribution is 1.34. The van der Waals surface area contributed by atoms with Crippen LogP contribution in [-0.2, 0) is 0 Å². The standard InChI is InChI=1S/C12H8N2.C8H10/c1-2-10-7-13-6-4-11(10)12-8-14-5-3-9(1)12;1-7-5-3-4-6-8(7)2/h1-8H;3-6H,1-2H3. The SMILES string of the molecule is Cc1ccccc1C.c1cc2c(ccc3ccncc32)cn1. The molecule has 0 unspecified atom stereocenters. The first-order chi connectivity index (χ1) is 10.8. The van der Waals surface area contributed by atoms with Crippen molar-refractivity contribution in [1.29, 1.82) is 0 Å². The van der Waals surface area contributed by atoms with Crippen molar-refractivity contribution < 1.29 is 0 Å². The number of aromatic nitrogens is 2. The van der Waals surface area contributed by atoms with E-state index in [9.17, 15) is 0 Å². The van der Waals surface area contributed by atoms with Crippen LogP contribution in [0.5, 0.6) is 0 Å². The molecule has 0 aliphatic rings. The predicted octanol–water partition coefficient (Wildman–Crippen LogP) is 5.09. The van der Waals surface area contributed by atoms with E-state index in [0.29, 0.717) is 0 Å². The first kappa shape index (κ1) is 14.2. The summed E-state index contributed by atoms with van der Waals surface area (Å²) in [5.74, 6) is 0. The number of nitrogens with zero attached hydrogens (tertiary/aromatic N) is 2. The minimum atomic E-state index is 1.16. The van der Waals surface area contributed by atoms with Crippen molar-refractivity contribution in [2.45, 2.75) is 13.8 Å². The second-order valence-electron chi connectivity index (χ2n) is 5.34. The van der Waals surface area contributed by atoms with E-state index >= 15 is 0 Å². The van der Waals surface area contributed by atoms with Crippen LogP contribution in [0, 0.1) is 13.8 Å². The average molecular weight is 286 g/mol. The molecule has 0 aliphatic carbocycles. The van der Waals surface area contributed by atoms with E-state index < -0.39 is 0 Å². The summed E-state index contributed by atoms with van der Waals surface area (Å²) in [7, 11) is 0. The Morgan fingerprint density at radius 2 is 1.23 bits per heavy atom. The minimum Gasteiger partial charge on any atom is -0.264 e. The quantitative estimate of drug-likeness (QED) is 0.421. The molecule has 2 nitrogen and oxygen atoms in total. The third-order valence-electron chi connectivity index (χ3n) is 3.86. The number of hydrogen-bond acceptors (Lipinski definition) is 2. The Hall–Kier alpha value is -2.74. The molecule has 0 N–H and O–H groups in total. The van der Waals surface area contributed by atoms with Crippen LogP contribution in [0.1, 0.15) is 11.1 Å². The predicted molar refractivity (Wildman–Crippen MR) is 93.0 cm³/mol. The zero-order valence-electron chi connectivity index (χ0n) is 12.8.